The van der Waals surface area contributed by atoms with Gasteiger partial charge in [0.1, 0.15) is 27.4 Å². The van der Waals surface area contributed by atoms with Gasteiger partial charge >= 0.3 is 0 Å². The minimum absolute atomic E-state index is 0.246. The van der Waals surface area contributed by atoms with Crippen molar-refractivity contribution < 1.29 is 14.3 Å². The molecule has 2 aromatic rings. The van der Waals surface area contributed by atoms with Crippen molar-refractivity contribution in [3.8, 4) is 28.7 Å². The Morgan fingerprint density at radius 2 is 2.19 bits per heavy atom. The molecule has 6 N–H and O–H groups in total. The first-order valence-electron chi connectivity index (χ1n) is 9.82. The van der Waals surface area contributed by atoms with Crippen LogP contribution in [0.2, 0.25) is 0 Å². The minimum atomic E-state index is -0.619. The van der Waals surface area contributed by atoms with E-state index in [1.165, 1.54) is 0 Å². The van der Waals surface area contributed by atoms with E-state index < -0.39 is 5.91 Å². The Balaban J connectivity index is 1.65. The first-order valence-corrected chi connectivity index (χ1v) is 10.6. The molecule has 2 aliphatic carbocycles. The molecule has 0 radical (unpaired) electrons. The SMILES string of the molecule is N#Cc1cc2c(-c3oc4cccc-4cc3N)c(C(N)=O)sc2nc1NCC1CC(O)C1. The predicted molar refractivity (Wildman–Crippen MR) is 119 cm³/mol. The number of hydrogen-bond acceptors (Lipinski definition) is 8. The number of hydrogen-bond donors (Lipinski definition) is 4. The van der Waals surface area contributed by atoms with Crippen molar-refractivity contribution in [3.05, 3.63) is 40.8 Å². The summed E-state index contributed by atoms with van der Waals surface area (Å²) in [6.07, 6.45) is 1.22. The monoisotopic (exact) mass is 433 g/mol. The molecule has 8 nitrogen and oxygen atoms in total. The van der Waals surface area contributed by atoms with E-state index in [2.05, 4.69) is 16.4 Å². The zero-order valence-corrected chi connectivity index (χ0v) is 17.2. The van der Waals surface area contributed by atoms with Gasteiger partial charge in [0.2, 0.25) is 0 Å². The summed E-state index contributed by atoms with van der Waals surface area (Å²) in [6.45, 7) is 0.612. The number of aliphatic hydroxyl groups excluding tert-OH is 1. The summed E-state index contributed by atoms with van der Waals surface area (Å²) in [5.41, 5.74) is 13.9. The summed E-state index contributed by atoms with van der Waals surface area (Å²) in [5.74, 6) is 1.12. The molecule has 9 heteroatoms. The summed E-state index contributed by atoms with van der Waals surface area (Å²) in [7, 11) is 0. The van der Waals surface area contributed by atoms with E-state index in [-0.39, 0.29) is 11.0 Å². The lowest BCUT2D eigenvalue weighted by molar-refractivity contribution is 0.0486. The number of pyridine rings is 1. The third-order valence-electron chi connectivity index (χ3n) is 5.62. The lowest BCUT2D eigenvalue weighted by atomic mass is 9.82. The van der Waals surface area contributed by atoms with E-state index in [4.69, 9.17) is 15.9 Å². The highest BCUT2D eigenvalue weighted by atomic mass is 32.1. The molecule has 1 fully saturated rings. The molecule has 5 rings (SSSR count). The number of aromatic nitrogens is 1. The Kier molecular flexibility index (Phi) is 4.54. The van der Waals surface area contributed by atoms with Crippen LogP contribution in [0.25, 0.3) is 32.9 Å². The summed E-state index contributed by atoms with van der Waals surface area (Å²) in [4.78, 5) is 17.7. The van der Waals surface area contributed by atoms with Gasteiger partial charge in [-0.15, -0.1) is 11.3 Å². The molecule has 0 atom stereocenters. The Morgan fingerprint density at radius 3 is 2.90 bits per heavy atom. The lowest BCUT2D eigenvalue weighted by Crippen LogP contribution is -2.33. The number of nitrogens with one attached hydrogen (secondary N) is 1. The van der Waals surface area contributed by atoms with Gasteiger partial charge in [-0.2, -0.15) is 5.26 Å². The summed E-state index contributed by atoms with van der Waals surface area (Å²) in [5, 5.41) is 23.0. The molecule has 0 bridgehead atoms. The molecule has 0 unspecified atom stereocenters. The number of nitrogens with two attached hydrogens (primary N) is 2. The second kappa shape index (κ2) is 7.27. The van der Waals surface area contributed by atoms with Crippen molar-refractivity contribution in [2.45, 2.75) is 18.9 Å². The van der Waals surface area contributed by atoms with Gasteiger partial charge in [-0.1, -0.05) is 12.1 Å². The van der Waals surface area contributed by atoms with Crippen molar-refractivity contribution >= 4 is 39.0 Å². The Morgan fingerprint density at radius 1 is 1.39 bits per heavy atom. The Bertz CT molecular complexity index is 1330. The van der Waals surface area contributed by atoms with Gasteiger partial charge in [0.25, 0.3) is 5.91 Å². The van der Waals surface area contributed by atoms with Gasteiger partial charge in [-0.3, -0.25) is 4.79 Å². The van der Waals surface area contributed by atoms with Crippen molar-refractivity contribution in [1.82, 2.24) is 4.98 Å². The molecule has 3 aliphatic rings. The molecule has 31 heavy (non-hydrogen) atoms. The van der Waals surface area contributed by atoms with E-state index in [1.54, 1.807) is 12.1 Å². The minimum Gasteiger partial charge on any atom is -0.454 e. The van der Waals surface area contributed by atoms with E-state index in [9.17, 15) is 15.2 Å². The van der Waals surface area contributed by atoms with Crippen LogP contribution < -0.4 is 16.8 Å². The zero-order valence-electron chi connectivity index (χ0n) is 16.4. The lowest BCUT2D eigenvalue weighted by Gasteiger charge is -2.31. The highest BCUT2D eigenvalue weighted by Crippen LogP contribution is 2.44. The fourth-order valence-electron chi connectivity index (χ4n) is 3.98. The number of aliphatic hydroxyl groups is 1. The van der Waals surface area contributed by atoms with Gasteiger partial charge in [-0.05, 0) is 37.0 Å². The number of thiophene rings is 1. The number of nitrogen functional groups attached to an aromatic ring is 1. The fourth-order valence-corrected chi connectivity index (χ4v) is 4.98. The third kappa shape index (κ3) is 3.26. The molecule has 1 saturated carbocycles. The van der Waals surface area contributed by atoms with Crippen LogP contribution >= 0.6 is 11.3 Å². The van der Waals surface area contributed by atoms with E-state index in [0.29, 0.717) is 56.8 Å². The first-order chi connectivity index (χ1) is 14.9. The number of primary amides is 1. The fraction of sp³-hybridized carbons (Fsp3) is 0.227. The third-order valence-corrected chi connectivity index (χ3v) is 6.73. The average Bonchev–Trinajstić information content (AvgIpc) is 3.32. The molecule has 2 aromatic heterocycles. The predicted octanol–water partition coefficient (Wildman–Crippen LogP) is 3.40. The molecule has 1 aliphatic heterocycles. The average molecular weight is 433 g/mol. The van der Waals surface area contributed by atoms with Crippen molar-refractivity contribution in [1.29, 1.82) is 5.26 Å². The number of carbonyl (C=O) groups excluding carboxylic acids is 1. The van der Waals surface area contributed by atoms with Gasteiger partial charge in [0.05, 0.1) is 22.9 Å². The van der Waals surface area contributed by atoms with Gasteiger partial charge in [0.15, 0.2) is 5.76 Å². The van der Waals surface area contributed by atoms with Crippen molar-refractivity contribution in [2.75, 3.05) is 17.6 Å². The molecule has 0 aromatic carbocycles. The van der Waals surface area contributed by atoms with E-state index in [1.807, 2.05) is 18.2 Å². The van der Waals surface area contributed by atoms with Crippen LogP contribution in [0, 0.1) is 17.2 Å². The van der Waals surface area contributed by atoms with Crippen LogP contribution in [0.1, 0.15) is 28.1 Å². The van der Waals surface area contributed by atoms with E-state index >= 15 is 0 Å². The van der Waals surface area contributed by atoms with E-state index in [0.717, 1.165) is 29.7 Å². The molecule has 0 saturated heterocycles. The molecular formula is C22H19N5O3S. The van der Waals surface area contributed by atoms with Gasteiger partial charge in [0, 0.05) is 17.5 Å². The summed E-state index contributed by atoms with van der Waals surface area (Å²) >= 11 is 1.14. The normalized spacial score (nSPS) is 18.1. The maximum atomic E-state index is 12.2. The summed E-state index contributed by atoms with van der Waals surface area (Å²) < 4.78 is 6.01. The largest absolute Gasteiger partial charge is 0.454 e. The topological polar surface area (TPSA) is 151 Å². The molecular weight excluding hydrogens is 414 g/mol. The number of nitrogens with zero attached hydrogens (tertiary/aromatic N) is 2. The zero-order chi connectivity index (χ0) is 21.7. The second-order valence-corrected chi connectivity index (χ2v) is 8.77. The number of rotatable bonds is 5. The number of nitriles is 1. The van der Waals surface area contributed by atoms with Crippen LogP contribution in [0.4, 0.5) is 11.5 Å². The number of anilines is 2. The molecule has 1 amide bonds. The van der Waals surface area contributed by atoms with Crippen molar-refractivity contribution in [3.63, 3.8) is 0 Å². The van der Waals surface area contributed by atoms with Gasteiger partial charge in [-0.25, -0.2) is 4.98 Å². The van der Waals surface area contributed by atoms with Crippen LogP contribution in [-0.2, 0) is 0 Å². The smallest absolute Gasteiger partial charge is 0.259 e. The summed E-state index contributed by atoms with van der Waals surface area (Å²) in [6, 6.07) is 11.2. The van der Waals surface area contributed by atoms with Crippen LogP contribution in [0.3, 0.4) is 0 Å². The van der Waals surface area contributed by atoms with Gasteiger partial charge < -0.3 is 26.3 Å². The molecule has 3 heterocycles. The number of carbonyl (C=O) groups is 1. The molecule has 0 spiro atoms. The van der Waals surface area contributed by atoms with Crippen LogP contribution in [0.5, 0.6) is 0 Å². The molecule has 156 valence electrons. The Hall–Kier alpha value is -3.61. The second-order valence-electron chi connectivity index (χ2n) is 7.77. The maximum Gasteiger partial charge on any atom is 0.259 e. The first kappa shape index (κ1) is 19.4. The van der Waals surface area contributed by atoms with Crippen LogP contribution in [-0.4, -0.2) is 28.6 Å². The number of amides is 1. The Labute approximate surface area is 181 Å². The highest BCUT2D eigenvalue weighted by Gasteiger charge is 2.28. The quantitative estimate of drug-likeness (QED) is 0.376. The maximum absolute atomic E-state index is 12.2. The van der Waals surface area contributed by atoms with Crippen LogP contribution in [0.15, 0.2) is 34.7 Å². The van der Waals surface area contributed by atoms with Crippen molar-refractivity contribution in [2.24, 2.45) is 11.7 Å². The highest BCUT2D eigenvalue weighted by molar-refractivity contribution is 7.21. The number of fused-ring (bicyclic) bond motifs is 2. The standard InChI is InChI=1S/C22H19N5O3S/c23-8-12-6-14-17(18-15(24)7-11-2-1-3-16(11)30-18)19(20(25)29)31-22(14)27-21(12)26-9-10-4-13(28)5-10/h1-3,6-7,10,13,28H,4-5,9,24H2,(H2,25,29)(H,26,27).